The van der Waals surface area contributed by atoms with Gasteiger partial charge in [0.2, 0.25) is 0 Å². The first-order chi connectivity index (χ1) is 14.3. The molecule has 0 saturated carbocycles. The summed E-state index contributed by atoms with van der Waals surface area (Å²) in [6, 6.07) is -0.208. The highest BCUT2D eigenvalue weighted by Crippen LogP contribution is 2.27. The molecule has 0 radical (unpaired) electrons. The van der Waals surface area contributed by atoms with Crippen molar-refractivity contribution in [3.8, 4) is 0 Å². The summed E-state index contributed by atoms with van der Waals surface area (Å²) in [6.07, 6.45) is 2.39. The van der Waals surface area contributed by atoms with Gasteiger partial charge in [0.15, 0.2) is 16.1 Å². The minimum absolute atomic E-state index is 0.188. The summed E-state index contributed by atoms with van der Waals surface area (Å²) in [6.45, 7) is 7.73. The molecule has 9 nitrogen and oxygen atoms in total. The summed E-state index contributed by atoms with van der Waals surface area (Å²) in [5.41, 5.74) is 0.724. The highest BCUT2D eigenvalue weighted by Gasteiger charge is 2.33. The van der Waals surface area contributed by atoms with Crippen LogP contribution in [0.2, 0.25) is 5.15 Å². The number of rotatable bonds is 8. The molecule has 1 aliphatic rings. The fourth-order valence-corrected chi connectivity index (χ4v) is 4.27. The molecule has 1 aliphatic heterocycles. The Kier molecular flexibility index (Phi) is 7.32. The van der Waals surface area contributed by atoms with Gasteiger partial charge < -0.3 is 25.0 Å². The lowest BCUT2D eigenvalue weighted by Crippen LogP contribution is -2.55. The number of halogens is 1. The zero-order valence-corrected chi connectivity index (χ0v) is 18.7. The highest BCUT2D eigenvalue weighted by molar-refractivity contribution is 7.17. The second kappa shape index (κ2) is 9.76. The Morgan fingerprint density at radius 1 is 1.50 bits per heavy atom. The molecule has 30 heavy (non-hydrogen) atoms. The molecule has 11 heteroatoms. The second-order valence-corrected chi connectivity index (χ2v) is 8.97. The molecule has 0 spiro atoms. The molecule has 164 valence electrons. The van der Waals surface area contributed by atoms with Gasteiger partial charge in [-0.15, -0.1) is 0 Å². The predicted octanol–water partition coefficient (Wildman–Crippen LogP) is 2.83. The molecular weight excluding hydrogens is 430 g/mol. The average Bonchev–Trinajstić information content (AvgIpc) is 3.34. The molecule has 1 saturated heterocycles. The molecule has 0 bridgehead atoms. The van der Waals surface area contributed by atoms with Gasteiger partial charge in [0.1, 0.15) is 4.88 Å². The topological polar surface area (TPSA) is 120 Å². The van der Waals surface area contributed by atoms with Crippen LogP contribution in [0, 0.1) is 5.92 Å². The number of aryl methyl sites for hydroxylation is 1. The van der Waals surface area contributed by atoms with Gasteiger partial charge in [0.25, 0.3) is 5.91 Å². The number of hydrogen-bond donors (Lipinski definition) is 3. The molecule has 0 aromatic carbocycles. The lowest BCUT2D eigenvalue weighted by atomic mass is 10.0. The van der Waals surface area contributed by atoms with Crippen LogP contribution in [0.1, 0.15) is 53.2 Å². The molecule has 3 heterocycles. The third-order valence-electron chi connectivity index (χ3n) is 4.79. The van der Waals surface area contributed by atoms with E-state index in [1.54, 1.807) is 0 Å². The normalized spacial score (nSPS) is 19.3. The Bertz CT molecular complexity index is 899. The van der Waals surface area contributed by atoms with E-state index in [0.29, 0.717) is 48.7 Å². The van der Waals surface area contributed by atoms with E-state index in [4.69, 9.17) is 21.4 Å². The van der Waals surface area contributed by atoms with Crippen LogP contribution in [-0.2, 0) is 11.2 Å². The summed E-state index contributed by atoms with van der Waals surface area (Å²) in [7, 11) is 0. The summed E-state index contributed by atoms with van der Waals surface area (Å²) in [4.78, 5) is 37.4. The number of amides is 1. The number of piperidine rings is 1. The number of aromatic carboxylic acids is 1. The van der Waals surface area contributed by atoms with E-state index in [1.807, 2.05) is 11.8 Å². The summed E-state index contributed by atoms with van der Waals surface area (Å²) >= 11 is 7.19. The highest BCUT2D eigenvalue weighted by atomic mass is 35.5. The first kappa shape index (κ1) is 22.5. The minimum atomic E-state index is -0.989. The van der Waals surface area contributed by atoms with Crippen molar-refractivity contribution in [2.75, 3.05) is 24.6 Å². The van der Waals surface area contributed by atoms with E-state index in [-0.39, 0.29) is 28.8 Å². The molecule has 0 aliphatic carbocycles. The number of carbonyl (C=O) groups excluding carboxylic acids is 1. The van der Waals surface area contributed by atoms with Crippen LogP contribution in [0.3, 0.4) is 0 Å². The van der Waals surface area contributed by atoms with E-state index in [2.05, 4.69) is 34.1 Å². The lowest BCUT2D eigenvalue weighted by Gasteiger charge is -2.38. The number of imidazole rings is 1. The smallest absolute Gasteiger partial charge is 0.347 e. The molecule has 2 atom stereocenters. The van der Waals surface area contributed by atoms with Crippen molar-refractivity contribution in [3.05, 3.63) is 27.7 Å². The number of aromatic amines is 1. The van der Waals surface area contributed by atoms with Crippen molar-refractivity contribution in [1.29, 1.82) is 0 Å². The fraction of sp³-hybridized carbons (Fsp3) is 0.579. The van der Waals surface area contributed by atoms with Gasteiger partial charge in [0.05, 0.1) is 24.0 Å². The van der Waals surface area contributed by atoms with E-state index in [1.165, 1.54) is 6.20 Å². The maximum Gasteiger partial charge on any atom is 0.347 e. The zero-order valence-electron chi connectivity index (χ0n) is 17.1. The number of carbonyl (C=O) groups is 2. The van der Waals surface area contributed by atoms with Crippen LogP contribution in [0.25, 0.3) is 0 Å². The van der Waals surface area contributed by atoms with Crippen molar-refractivity contribution in [2.24, 2.45) is 5.92 Å². The number of hydrogen-bond acceptors (Lipinski definition) is 7. The molecule has 2 aromatic rings. The SMILES string of the molecule is CCc1[nH]c(C(=O)N[C@@H]2CCN(c3ncc(C(=O)O)s3)C[C@@H]2OCC(C)C)nc1Cl. The molecule has 3 N–H and O–H groups in total. The third-order valence-corrected chi connectivity index (χ3v) is 6.15. The summed E-state index contributed by atoms with van der Waals surface area (Å²) < 4.78 is 6.10. The zero-order chi connectivity index (χ0) is 21.8. The van der Waals surface area contributed by atoms with Crippen molar-refractivity contribution in [3.63, 3.8) is 0 Å². The van der Waals surface area contributed by atoms with E-state index < -0.39 is 5.97 Å². The Balaban J connectivity index is 1.71. The fourth-order valence-electron chi connectivity index (χ4n) is 3.22. The molecule has 2 aromatic heterocycles. The molecular formula is C19H26ClN5O4S. The maximum atomic E-state index is 12.7. The van der Waals surface area contributed by atoms with Gasteiger partial charge >= 0.3 is 5.97 Å². The van der Waals surface area contributed by atoms with Crippen LogP contribution < -0.4 is 10.2 Å². The molecule has 1 amide bonds. The van der Waals surface area contributed by atoms with Gasteiger partial charge in [-0.05, 0) is 18.8 Å². The van der Waals surface area contributed by atoms with E-state index >= 15 is 0 Å². The van der Waals surface area contributed by atoms with Gasteiger partial charge in [0, 0.05) is 19.7 Å². The van der Waals surface area contributed by atoms with Crippen LogP contribution in [-0.4, -0.2) is 63.8 Å². The summed E-state index contributed by atoms with van der Waals surface area (Å²) in [5.74, 6) is -0.785. The average molecular weight is 456 g/mol. The number of thiazole rings is 1. The minimum Gasteiger partial charge on any atom is -0.477 e. The number of H-pyrrole nitrogens is 1. The first-order valence-electron chi connectivity index (χ1n) is 9.89. The van der Waals surface area contributed by atoms with Crippen molar-refractivity contribution >= 4 is 39.9 Å². The molecule has 1 fully saturated rings. The van der Waals surface area contributed by atoms with E-state index in [0.717, 1.165) is 17.0 Å². The quantitative estimate of drug-likeness (QED) is 0.559. The van der Waals surface area contributed by atoms with Gasteiger partial charge in [-0.3, -0.25) is 4.79 Å². The van der Waals surface area contributed by atoms with Crippen LogP contribution in [0.15, 0.2) is 6.20 Å². The Hall–Kier alpha value is -2.17. The number of anilines is 1. The second-order valence-electron chi connectivity index (χ2n) is 7.60. The number of aromatic nitrogens is 3. The van der Waals surface area contributed by atoms with Crippen molar-refractivity contribution in [2.45, 2.75) is 45.8 Å². The third kappa shape index (κ3) is 5.30. The number of carboxylic acids is 1. The first-order valence-corrected chi connectivity index (χ1v) is 11.1. The number of ether oxygens (including phenoxy) is 1. The predicted molar refractivity (Wildman–Crippen MR) is 115 cm³/mol. The Labute approximate surface area is 183 Å². The lowest BCUT2D eigenvalue weighted by molar-refractivity contribution is 0.00705. The number of nitrogens with one attached hydrogen (secondary N) is 2. The maximum absolute atomic E-state index is 12.7. The largest absolute Gasteiger partial charge is 0.477 e. The standard InChI is InChI=1S/C19H26ClN5O4S/c1-4-11-15(20)24-16(22-11)17(26)23-12-5-6-25(8-13(12)29-9-10(2)3)19-21-7-14(30-19)18(27)28/h7,10,12-13H,4-6,8-9H2,1-3H3,(H,22,24)(H,23,26)(H,27,28)/t12-,13+/m1/s1. The molecule has 3 rings (SSSR count). The summed E-state index contributed by atoms with van der Waals surface area (Å²) in [5, 5.41) is 13.1. The van der Waals surface area contributed by atoms with Gasteiger partial charge in [-0.2, -0.15) is 0 Å². The number of nitrogens with zero attached hydrogens (tertiary/aromatic N) is 3. The van der Waals surface area contributed by atoms with Gasteiger partial charge in [-0.25, -0.2) is 14.8 Å². The van der Waals surface area contributed by atoms with Crippen LogP contribution >= 0.6 is 22.9 Å². The monoisotopic (exact) mass is 455 g/mol. The van der Waals surface area contributed by atoms with E-state index in [9.17, 15) is 9.59 Å². The Morgan fingerprint density at radius 3 is 2.87 bits per heavy atom. The van der Waals surface area contributed by atoms with Crippen LogP contribution in [0.4, 0.5) is 5.13 Å². The van der Waals surface area contributed by atoms with Crippen LogP contribution in [0.5, 0.6) is 0 Å². The van der Waals surface area contributed by atoms with Crippen molar-refractivity contribution < 1.29 is 19.4 Å². The van der Waals surface area contributed by atoms with Gasteiger partial charge in [-0.1, -0.05) is 43.7 Å². The number of carboxylic acid groups (broad SMARTS) is 1. The Morgan fingerprint density at radius 2 is 2.27 bits per heavy atom. The van der Waals surface area contributed by atoms with Crippen molar-refractivity contribution in [1.82, 2.24) is 20.3 Å². The molecule has 0 unspecified atom stereocenters.